The number of anilines is 1. The van der Waals surface area contributed by atoms with Gasteiger partial charge in [-0.3, -0.25) is 9.78 Å². The monoisotopic (exact) mass is 470 g/mol. The number of hydrogen-bond donors (Lipinski definition) is 1. The molecule has 0 aliphatic heterocycles. The lowest BCUT2D eigenvalue weighted by Gasteiger charge is -2.18. The number of ether oxygens (including phenoxy) is 2. The van der Waals surface area contributed by atoms with Crippen molar-refractivity contribution >= 4 is 23.5 Å². The van der Waals surface area contributed by atoms with Gasteiger partial charge in [0.05, 0.1) is 35.7 Å². The van der Waals surface area contributed by atoms with E-state index < -0.39 is 17.8 Å². The smallest absolute Gasteiger partial charge is 0.340 e. The van der Waals surface area contributed by atoms with E-state index in [4.69, 9.17) is 9.47 Å². The molecule has 35 heavy (non-hydrogen) atoms. The summed E-state index contributed by atoms with van der Waals surface area (Å²) in [6.45, 7) is 7.10. The summed E-state index contributed by atoms with van der Waals surface area (Å²) in [6.07, 6.45) is 0. The first-order chi connectivity index (χ1) is 16.8. The van der Waals surface area contributed by atoms with Crippen LogP contribution in [0.5, 0.6) is 0 Å². The Balaban J connectivity index is 2.07. The minimum Gasteiger partial charge on any atom is -0.462 e. The average molecular weight is 471 g/mol. The van der Waals surface area contributed by atoms with E-state index in [1.54, 1.807) is 52.0 Å². The summed E-state index contributed by atoms with van der Waals surface area (Å²) in [7, 11) is 0. The van der Waals surface area contributed by atoms with E-state index >= 15 is 0 Å². The van der Waals surface area contributed by atoms with Crippen LogP contribution in [0.1, 0.15) is 51.5 Å². The van der Waals surface area contributed by atoms with Gasteiger partial charge in [-0.05, 0) is 57.5 Å². The van der Waals surface area contributed by atoms with Gasteiger partial charge in [-0.2, -0.15) is 0 Å². The maximum atomic E-state index is 12.9. The molecule has 0 bridgehead atoms. The summed E-state index contributed by atoms with van der Waals surface area (Å²) in [5, 5.41) is 2.74. The molecule has 0 atom stereocenters. The van der Waals surface area contributed by atoms with Crippen LogP contribution in [-0.4, -0.2) is 36.0 Å². The van der Waals surface area contributed by atoms with Crippen LogP contribution >= 0.6 is 0 Å². The van der Waals surface area contributed by atoms with E-state index in [-0.39, 0.29) is 24.3 Å². The number of rotatable bonds is 6. The van der Waals surface area contributed by atoms with Gasteiger partial charge in [-0.15, -0.1) is 0 Å². The van der Waals surface area contributed by atoms with Gasteiger partial charge < -0.3 is 14.8 Å². The molecule has 0 fully saturated rings. The Morgan fingerprint density at radius 1 is 0.857 bits per heavy atom. The summed E-state index contributed by atoms with van der Waals surface area (Å²) in [4.78, 5) is 42.6. The fourth-order valence-electron chi connectivity index (χ4n) is 3.61. The largest absolute Gasteiger partial charge is 0.462 e. The molecule has 0 aliphatic carbocycles. The van der Waals surface area contributed by atoms with E-state index in [0.717, 1.165) is 5.56 Å². The zero-order valence-corrected chi connectivity index (χ0v) is 20.1. The molecule has 1 heterocycles. The maximum Gasteiger partial charge on any atom is 0.340 e. The number of carbonyl (C=O) groups is 3. The second kappa shape index (κ2) is 11.6. The minimum atomic E-state index is -0.596. The molecular formula is C28H26N2O5. The molecule has 3 rings (SSSR count). The van der Waals surface area contributed by atoms with Crippen molar-refractivity contribution in [3.8, 4) is 23.0 Å². The number of aromatic nitrogens is 1. The average Bonchev–Trinajstić information content (AvgIpc) is 2.83. The quantitative estimate of drug-likeness (QED) is 0.414. The summed E-state index contributed by atoms with van der Waals surface area (Å²) >= 11 is 0. The van der Waals surface area contributed by atoms with E-state index in [0.29, 0.717) is 28.2 Å². The van der Waals surface area contributed by atoms with Crippen molar-refractivity contribution < 1.29 is 23.9 Å². The SMILES string of the molecule is CCOC(=O)c1c(C)nc(C)c(C(=O)OCC)c1-c1cccc(NC(=O)C#Cc2ccccc2)c1. The van der Waals surface area contributed by atoms with Crippen molar-refractivity contribution in [1.29, 1.82) is 0 Å². The van der Waals surface area contributed by atoms with Gasteiger partial charge in [-0.1, -0.05) is 36.3 Å². The van der Waals surface area contributed by atoms with Crippen molar-refractivity contribution in [3.05, 3.63) is 82.7 Å². The van der Waals surface area contributed by atoms with Crippen molar-refractivity contribution in [1.82, 2.24) is 4.98 Å². The Hall–Kier alpha value is -4.44. The second-order valence-electron chi connectivity index (χ2n) is 7.50. The molecule has 0 unspecified atom stereocenters. The maximum absolute atomic E-state index is 12.9. The first kappa shape index (κ1) is 25.2. The molecule has 7 nitrogen and oxygen atoms in total. The van der Waals surface area contributed by atoms with E-state index in [2.05, 4.69) is 22.1 Å². The lowest BCUT2D eigenvalue weighted by Crippen LogP contribution is -2.17. The van der Waals surface area contributed by atoms with Gasteiger partial charge >= 0.3 is 17.8 Å². The Labute approximate surface area is 204 Å². The van der Waals surface area contributed by atoms with Gasteiger partial charge in [0.1, 0.15) is 0 Å². The highest BCUT2D eigenvalue weighted by Gasteiger charge is 2.27. The molecule has 1 aromatic heterocycles. The second-order valence-corrected chi connectivity index (χ2v) is 7.50. The zero-order chi connectivity index (χ0) is 25.4. The molecule has 2 aromatic carbocycles. The number of benzene rings is 2. The summed E-state index contributed by atoms with van der Waals surface area (Å²) in [6, 6.07) is 16.0. The summed E-state index contributed by atoms with van der Waals surface area (Å²) < 4.78 is 10.5. The molecule has 1 N–H and O–H groups in total. The first-order valence-electron chi connectivity index (χ1n) is 11.2. The van der Waals surface area contributed by atoms with Crippen molar-refractivity contribution in [2.75, 3.05) is 18.5 Å². The van der Waals surface area contributed by atoms with Gasteiger partial charge in [0, 0.05) is 22.7 Å². The molecular weight excluding hydrogens is 444 g/mol. The molecule has 178 valence electrons. The topological polar surface area (TPSA) is 94.6 Å². The lowest BCUT2D eigenvalue weighted by atomic mass is 9.92. The van der Waals surface area contributed by atoms with Crippen LogP contribution in [0, 0.1) is 25.7 Å². The van der Waals surface area contributed by atoms with Crippen LogP contribution in [0.25, 0.3) is 11.1 Å². The number of esters is 2. The molecule has 3 aromatic rings. The van der Waals surface area contributed by atoms with Crippen molar-refractivity contribution in [2.24, 2.45) is 0 Å². The molecule has 1 amide bonds. The molecule has 0 aliphatic rings. The first-order valence-corrected chi connectivity index (χ1v) is 11.2. The molecule has 7 heteroatoms. The highest BCUT2D eigenvalue weighted by Crippen LogP contribution is 2.34. The van der Waals surface area contributed by atoms with Crippen LogP contribution in [-0.2, 0) is 14.3 Å². The van der Waals surface area contributed by atoms with Crippen LogP contribution < -0.4 is 5.32 Å². The van der Waals surface area contributed by atoms with Gasteiger partial charge in [0.2, 0.25) is 0 Å². The molecule has 0 saturated heterocycles. The third-order valence-electron chi connectivity index (χ3n) is 5.02. The van der Waals surface area contributed by atoms with Gasteiger partial charge in [-0.25, -0.2) is 9.59 Å². The van der Waals surface area contributed by atoms with Crippen LogP contribution in [0.2, 0.25) is 0 Å². The van der Waals surface area contributed by atoms with Gasteiger partial charge in [0.25, 0.3) is 0 Å². The predicted octanol–water partition coefficient (Wildman–Crippen LogP) is 4.71. The molecule has 0 saturated carbocycles. The number of nitrogens with one attached hydrogen (secondary N) is 1. The summed E-state index contributed by atoms with van der Waals surface area (Å²) in [5.41, 5.74) is 3.24. The number of carbonyl (C=O) groups excluding carboxylic acids is 3. The third kappa shape index (κ3) is 6.12. The predicted molar refractivity (Wildman–Crippen MR) is 133 cm³/mol. The highest BCUT2D eigenvalue weighted by molar-refractivity contribution is 6.08. The Morgan fingerprint density at radius 2 is 1.46 bits per heavy atom. The molecule has 0 spiro atoms. The van der Waals surface area contributed by atoms with Gasteiger partial charge in [0.15, 0.2) is 0 Å². The summed E-state index contributed by atoms with van der Waals surface area (Å²) in [5.74, 6) is 3.68. The number of aryl methyl sites for hydroxylation is 2. The Bertz CT molecular complexity index is 1280. The molecule has 0 radical (unpaired) electrons. The highest BCUT2D eigenvalue weighted by atomic mass is 16.5. The zero-order valence-electron chi connectivity index (χ0n) is 20.1. The number of hydrogen-bond acceptors (Lipinski definition) is 6. The lowest BCUT2D eigenvalue weighted by molar-refractivity contribution is -0.111. The third-order valence-corrected chi connectivity index (χ3v) is 5.02. The number of nitrogens with zero attached hydrogens (tertiary/aromatic N) is 1. The number of amides is 1. The van der Waals surface area contributed by atoms with E-state index in [1.807, 2.05) is 30.3 Å². The van der Waals surface area contributed by atoms with E-state index in [1.165, 1.54) is 0 Å². The van der Waals surface area contributed by atoms with E-state index in [9.17, 15) is 14.4 Å². The van der Waals surface area contributed by atoms with Crippen molar-refractivity contribution in [2.45, 2.75) is 27.7 Å². The Morgan fingerprint density at radius 3 is 2.03 bits per heavy atom. The van der Waals surface area contributed by atoms with Crippen molar-refractivity contribution in [3.63, 3.8) is 0 Å². The van der Waals surface area contributed by atoms with Crippen LogP contribution in [0.4, 0.5) is 5.69 Å². The minimum absolute atomic E-state index is 0.163. The standard InChI is InChI=1S/C28H26N2O5/c1-5-34-27(32)24-18(3)29-19(4)25(28(33)35-6-2)26(24)21-13-10-14-22(17-21)30-23(31)16-15-20-11-8-7-9-12-20/h7-14,17H,5-6H2,1-4H3,(H,30,31). The normalized spacial score (nSPS) is 10.1. The van der Waals surface area contributed by atoms with Crippen LogP contribution in [0.15, 0.2) is 54.6 Å². The Kier molecular flexibility index (Phi) is 8.36. The van der Waals surface area contributed by atoms with Crippen LogP contribution in [0.3, 0.4) is 0 Å². The fourth-order valence-corrected chi connectivity index (χ4v) is 3.61. The number of pyridine rings is 1. The fraction of sp³-hybridized carbons (Fsp3) is 0.214.